The number of aliphatic hydroxyl groups excluding tert-OH is 3. The Bertz CT molecular complexity index is 1340. The van der Waals surface area contributed by atoms with Gasteiger partial charge in [-0.05, 0) is 29.5 Å². The Labute approximate surface area is 199 Å². The number of Topliss-reactive ketones (excluding diaryl/α,β-unsaturated/α-hetero) is 2. The Hall–Kier alpha value is -3.95. The third kappa shape index (κ3) is 3.05. The summed E-state index contributed by atoms with van der Waals surface area (Å²) in [5.74, 6) is -8.76. The number of hydrogen-bond donors (Lipinski definition) is 6. The van der Waals surface area contributed by atoms with Gasteiger partial charge in [0, 0.05) is 23.8 Å². The van der Waals surface area contributed by atoms with Crippen LogP contribution in [0.3, 0.4) is 0 Å². The SMILES string of the molecule is NC(=O)C1=C(O)[C@@]2(O)C(=O)C3=C(O)c4c(O)cccc4C(Cc4ccccc4)[C@H]3[C@H](O)[C@H]2CC1=O. The maximum atomic E-state index is 13.8. The van der Waals surface area contributed by atoms with E-state index in [-0.39, 0.29) is 11.3 Å². The fourth-order valence-corrected chi connectivity index (χ4v) is 5.89. The number of fused-ring (bicyclic) bond motifs is 3. The molecular weight excluding hydrogens is 454 g/mol. The van der Waals surface area contributed by atoms with Gasteiger partial charge in [-0.2, -0.15) is 0 Å². The Balaban J connectivity index is 1.76. The lowest BCUT2D eigenvalue weighted by molar-refractivity contribution is -0.160. The first-order chi connectivity index (χ1) is 16.6. The Morgan fingerprint density at radius 2 is 1.71 bits per heavy atom. The number of aromatic hydroxyl groups is 1. The number of phenolic OH excluding ortho intramolecular Hbond substituents is 1. The largest absolute Gasteiger partial charge is 0.508 e. The lowest BCUT2D eigenvalue weighted by Crippen LogP contribution is -2.64. The van der Waals surface area contributed by atoms with Crippen molar-refractivity contribution >= 4 is 23.2 Å². The van der Waals surface area contributed by atoms with Gasteiger partial charge in [0.05, 0.1) is 11.7 Å². The highest BCUT2D eigenvalue weighted by molar-refractivity contribution is 6.23. The number of rotatable bonds is 3. The smallest absolute Gasteiger partial charge is 0.255 e. The average molecular weight is 477 g/mol. The first kappa shape index (κ1) is 22.8. The summed E-state index contributed by atoms with van der Waals surface area (Å²) < 4.78 is 0. The highest BCUT2D eigenvalue weighted by Gasteiger charge is 2.65. The normalized spacial score (nSPS) is 30.0. The van der Waals surface area contributed by atoms with E-state index in [4.69, 9.17) is 5.73 Å². The van der Waals surface area contributed by atoms with E-state index in [1.165, 1.54) is 6.07 Å². The van der Waals surface area contributed by atoms with Crippen LogP contribution >= 0.6 is 0 Å². The van der Waals surface area contributed by atoms with Gasteiger partial charge in [0.15, 0.2) is 11.4 Å². The summed E-state index contributed by atoms with van der Waals surface area (Å²) in [5.41, 5.74) is 2.36. The van der Waals surface area contributed by atoms with E-state index < -0.39 is 76.0 Å². The van der Waals surface area contributed by atoms with Gasteiger partial charge in [0.2, 0.25) is 5.78 Å². The molecule has 1 amide bonds. The molecule has 7 N–H and O–H groups in total. The predicted molar refractivity (Wildman–Crippen MR) is 122 cm³/mol. The van der Waals surface area contributed by atoms with Crippen molar-refractivity contribution in [1.82, 2.24) is 0 Å². The van der Waals surface area contributed by atoms with Crippen LogP contribution in [0.5, 0.6) is 5.75 Å². The number of carbonyl (C=O) groups excluding carboxylic acids is 3. The molecule has 0 aromatic heterocycles. The number of carbonyl (C=O) groups is 3. The Kier molecular flexibility index (Phi) is 5.08. The molecule has 1 fully saturated rings. The zero-order valence-corrected chi connectivity index (χ0v) is 18.4. The van der Waals surface area contributed by atoms with E-state index >= 15 is 0 Å². The van der Waals surface area contributed by atoms with E-state index in [9.17, 15) is 39.9 Å². The molecule has 5 atom stereocenters. The average Bonchev–Trinajstić information content (AvgIpc) is 2.81. The first-order valence-electron chi connectivity index (χ1n) is 11.1. The molecule has 1 unspecified atom stereocenters. The monoisotopic (exact) mass is 477 g/mol. The third-order valence-electron chi connectivity index (χ3n) is 7.47. The molecule has 0 bridgehead atoms. The number of hydrogen-bond acceptors (Lipinski definition) is 8. The molecule has 3 aliphatic carbocycles. The molecule has 180 valence electrons. The van der Waals surface area contributed by atoms with Gasteiger partial charge in [-0.25, -0.2) is 0 Å². The molecule has 3 aliphatic rings. The number of benzene rings is 2. The van der Waals surface area contributed by atoms with Crippen LogP contribution in [0.25, 0.3) is 5.76 Å². The minimum Gasteiger partial charge on any atom is -0.508 e. The molecular formula is C26H23NO8. The fraction of sp³-hybridized carbons (Fsp3) is 0.269. The van der Waals surface area contributed by atoms with Gasteiger partial charge >= 0.3 is 0 Å². The van der Waals surface area contributed by atoms with Gasteiger partial charge in [-0.15, -0.1) is 0 Å². The molecule has 2 aromatic rings. The van der Waals surface area contributed by atoms with Crippen molar-refractivity contribution in [2.24, 2.45) is 17.6 Å². The van der Waals surface area contributed by atoms with Gasteiger partial charge in [0.25, 0.3) is 5.91 Å². The van der Waals surface area contributed by atoms with Crippen molar-refractivity contribution in [3.63, 3.8) is 0 Å². The fourth-order valence-electron chi connectivity index (χ4n) is 5.89. The molecule has 0 spiro atoms. The number of amides is 1. The molecule has 5 rings (SSSR count). The van der Waals surface area contributed by atoms with Gasteiger partial charge in [-0.1, -0.05) is 42.5 Å². The van der Waals surface area contributed by atoms with Crippen LogP contribution in [0.15, 0.2) is 65.4 Å². The topological polar surface area (TPSA) is 178 Å². The molecule has 9 nitrogen and oxygen atoms in total. The zero-order chi connectivity index (χ0) is 25.2. The maximum absolute atomic E-state index is 13.8. The second-order valence-electron chi connectivity index (χ2n) is 9.23. The molecule has 0 radical (unpaired) electrons. The maximum Gasteiger partial charge on any atom is 0.255 e. The lowest BCUT2D eigenvalue weighted by atomic mass is 9.55. The van der Waals surface area contributed by atoms with Crippen LogP contribution in [0.2, 0.25) is 0 Å². The molecule has 0 aliphatic heterocycles. The van der Waals surface area contributed by atoms with Crippen LogP contribution in [0.4, 0.5) is 0 Å². The first-order valence-corrected chi connectivity index (χ1v) is 11.1. The van der Waals surface area contributed by atoms with Crippen molar-refractivity contribution in [3.8, 4) is 5.75 Å². The molecule has 9 heteroatoms. The summed E-state index contributed by atoms with van der Waals surface area (Å²) in [6, 6.07) is 13.8. The van der Waals surface area contributed by atoms with Crippen LogP contribution < -0.4 is 5.73 Å². The van der Waals surface area contributed by atoms with Gasteiger partial charge < -0.3 is 31.3 Å². The molecule has 0 saturated heterocycles. The summed E-state index contributed by atoms with van der Waals surface area (Å²) in [6.45, 7) is 0. The Morgan fingerprint density at radius 1 is 1.03 bits per heavy atom. The van der Waals surface area contributed by atoms with Crippen molar-refractivity contribution < 1.29 is 39.9 Å². The van der Waals surface area contributed by atoms with Gasteiger partial charge in [0.1, 0.15) is 22.8 Å². The minimum absolute atomic E-state index is 0.0206. The third-order valence-corrected chi connectivity index (χ3v) is 7.47. The Morgan fingerprint density at radius 3 is 2.37 bits per heavy atom. The molecule has 1 saturated carbocycles. The van der Waals surface area contributed by atoms with E-state index in [1.54, 1.807) is 12.1 Å². The minimum atomic E-state index is -2.85. The van der Waals surface area contributed by atoms with Crippen LogP contribution in [0.1, 0.15) is 29.0 Å². The summed E-state index contributed by atoms with van der Waals surface area (Å²) in [7, 11) is 0. The van der Waals surface area contributed by atoms with E-state index in [0.717, 1.165) is 5.56 Å². The number of aliphatic hydroxyl groups is 4. The van der Waals surface area contributed by atoms with E-state index in [2.05, 4.69) is 0 Å². The summed E-state index contributed by atoms with van der Waals surface area (Å²) in [5, 5.41) is 55.3. The van der Waals surface area contributed by atoms with Crippen molar-refractivity contribution in [2.75, 3.05) is 0 Å². The van der Waals surface area contributed by atoms with Crippen molar-refractivity contribution in [1.29, 1.82) is 0 Å². The summed E-state index contributed by atoms with van der Waals surface area (Å²) >= 11 is 0. The molecule has 0 heterocycles. The zero-order valence-electron chi connectivity index (χ0n) is 18.4. The second-order valence-corrected chi connectivity index (χ2v) is 9.23. The van der Waals surface area contributed by atoms with Crippen molar-refractivity contribution in [2.45, 2.75) is 30.5 Å². The van der Waals surface area contributed by atoms with Crippen LogP contribution in [0, 0.1) is 11.8 Å². The number of primary amides is 1. The van der Waals surface area contributed by atoms with Crippen LogP contribution in [-0.2, 0) is 20.8 Å². The van der Waals surface area contributed by atoms with E-state index in [0.29, 0.717) is 12.0 Å². The van der Waals surface area contributed by atoms with Gasteiger partial charge in [-0.3, -0.25) is 14.4 Å². The highest BCUT2D eigenvalue weighted by atomic mass is 16.4. The number of ketones is 2. The standard InChI is InChI=1S/C26H23NO8/c27-25(34)19-16(29)10-14-21(30)18-13(9-11-5-2-1-3-6-11)12-7-4-8-15(28)17(12)22(31)20(18)24(33)26(14,35)23(19)32/h1-8,13-14,18,21,28,30-32,35H,9-10H2,(H2,27,34)/t13?,14-,18-,21-,26-/m1/s1. The van der Waals surface area contributed by atoms with Crippen LogP contribution in [-0.4, -0.2) is 54.7 Å². The second kappa shape index (κ2) is 7.79. The molecule has 35 heavy (non-hydrogen) atoms. The highest BCUT2D eigenvalue weighted by Crippen LogP contribution is 2.56. The van der Waals surface area contributed by atoms with E-state index in [1.807, 2.05) is 30.3 Å². The van der Waals surface area contributed by atoms with Crippen molar-refractivity contribution in [3.05, 3.63) is 82.1 Å². The summed E-state index contributed by atoms with van der Waals surface area (Å²) in [6.07, 6.45) is -1.88. The number of nitrogens with two attached hydrogens (primary N) is 1. The summed E-state index contributed by atoms with van der Waals surface area (Å²) in [4.78, 5) is 38.1. The predicted octanol–water partition coefficient (Wildman–Crippen LogP) is 1.18. The number of phenols is 1. The molecule has 2 aromatic carbocycles. The lowest BCUT2D eigenvalue weighted by Gasteiger charge is -2.51. The quantitative estimate of drug-likeness (QED) is 0.357.